The zero-order valence-electron chi connectivity index (χ0n) is 11.6. The molecule has 0 saturated heterocycles. The number of carboxylic acids is 1. The van der Waals surface area contributed by atoms with E-state index < -0.39 is 5.97 Å². The molecule has 1 aromatic carbocycles. The van der Waals surface area contributed by atoms with Crippen LogP contribution in [0.2, 0.25) is 0 Å². The van der Waals surface area contributed by atoms with E-state index in [9.17, 15) is 9.59 Å². The molecule has 0 spiro atoms. The number of carboxylic acid groups (broad SMARTS) is 1. The molecule has 0 aliphatic rings. The molecule has 0 radical (unpaired) electrons. The third-order valence-electron chi connectivity index (χ3n) is 3.00. The molecule has 0 aliphatic carbocycles. The number of aromatic nitrogens is 1. The van der Waals surface area contributed by atoms with E-state index in [-0.39, 0.29) is 5.91 Å². The highest BCUT2D eigenvalue weighted by Gasteiger charge is 2.07. The number of nitrogens with one attached hydrogen (secondary N) is 1. The van der Waals surface area contributed by atoms with Crippen molar-refractivity contribution in [2.24, 2.45) is 7.05 Å². The van der Waals surface area contributed by atoms with E-state index in [1.807, 2.05) is 43.6 Å². The molecule has 1 amide bonds. The number of amides is 1. The molecule has 2 aromatic rings. The van der Waals surface area contributed by atoms with Gasteiger partial charge in [0.25, 0.3) is 5.91 Å². The highest BCUT2D eigenvalue weighted by Crippen LogP contribution is 2.08. The van der Waals surface area contributed by atoms with Crippen LogP contribution in [-0.2, 0) is 18.4 Å². The monoisotopic (exact) mass is 284 g/mol. The lowest BCUT2D eigenvalue weighted by Crippen LogP contribution is -2.24. The summed E-state index contributed by atoms with van der Waals surface area (Å²) in [5, 5.41) is 11.4. The van der Waals surface area contributed by atoms with Crippen molar-refractivity contribution in [3.05, 3.63) is 65.5 Å². The third kappa shape index (κ3) is 4.07. The van der Waals surface area contributed by atoms with Gasteiger partial charge in [-0.05, 0) is 35.4 Å². The zero-order valence-corrected chi connectivity index (χ0v) is 11.6. The summed E-state index contributed by atoms with van der Waals surface area (Å²) in [6.07, 6.45) is 4.42. The summed E-state index contributed by atoms with van der Waals surface area (Å²) in [4.78, 5) is 22.5. The minimum absolute atomic E-state index is 0.144. The number of rotatable bonds is 5. The Morgan fingerprint density at radius 1 is 1.29 bits per heavy atom. The van der Waals surface area contributed by atoms with E-state index >= 15 is 0 Å². The van der Waals surface area contributed by atoms with Gasteiger partial charge in [-0.15, -0.1) is 0 Å². The number of aryl methyl sites for hydroxylation is 1. The predicted octanol–water partition coefficient (Wildman–Crippen LogP) is 2.05. The third-order valence-corrected chi connectivity index (χ3v) is 3.00. The normalized spacial score (nSPS) is 10.7. The highest BCUT2D eigenvalue weighted by molar-refractivity contribution is 5.92. The molecule has 108 valence electrons. The van der Waals surface area contributed by atoms with E-state index in [0.29, 0.717) is 12.2 Å². The van der Waals surface area contributed by atoms with Crippen molar-refractivity contribution < 1.29 is 14.7 Å². The Labute approximate surface area is 122 Å². The maximum atomic E-state index is 12.0. The van der Waals surface area contributed by atoms with Crippen LogP contribution in [0.1, 0.15) is 21.6 Å². The van der Waals surface area contributed by atoms with Gasteiger partial charge in [0.05, 0.1) is 0 Å². The van der Waals surface area contributed by atoms with Crippen LogP contribution in [0.25, 0.3) is 6.08 Å². The number of carbonyl (C=O) groups is 2. The largest absolute Gasteiger partial charge is 0.478 e. The molecule has 0 aliphatic heterocycles. The lowest BCUT2D eigenvalue weighted by Gasteiger charge is -2.07. The van der Waals surface area contributed by atoms with Crippen LogP contribution in [0, 0.1) is 0 Å². The fourth-order valence-electron chi connectivity index (χ4n) is 1.94. The molecule has 0 bridgehead atoms. The van der Waals surface area contributed by atoms with Gasteiger partial charge in [-0.25, -0.2) is 4.79 Å². The summed E-state index contributed by atoms with van der Waals surface area (Å²) in [5.41, 5.74) is 2.28. The van der Waals surface area contributed by atoms with Crippen molar-refractivity contribution in [2.75, 3.05) is 0 Å². The van der Waals surface area contributed by atoms with Crippen molar-refractivity contribution in [2.45, 2.75) is 6.54 Å². The van der Waals surface area contributed by atoms with Crippen LogP contribution in [0.5, 0.6) is 0 Å². The molecule has 0 unspecified atom stereocenters. The zero-order chi connectivity index (χ0) is 15.2. The molecule has 2 rings (SSSR count). The first-order valence-electron chi connectivity index (χ1n) is 6.46. The Morgan fingerprint density at radius 2 is 2.10 bits per heavy atom. The molecular formula is C16H16N2O3. The first-order valence-corrected chi connectivity index (χ1v) is 6.46. The smallest absolute Gasteiger partial charge is 0.328 e. The Bertz CT molecular complexity index is 686. The second-order valence-electron chi connectivity index (χ2n) is 4.60. The molecule has 5 nitrogen and oxygen atoms in total. The van der Waals surface area contributed by atoms with Gasteiger partial charge in [0.2, 0.25) is 0 Å². The van der Waals surface area contributed by atoms with E-state index in [4.69, 9.17) is 5.11 Å². The lowest BCUT2D eigenvalue weighted by atomic mass is 10.1. The second-order valence-corrected chi connectivity index (χ2v) is 4.60. The van der Waals surface area contributed by atoms with Gasteiger partial charge in [-0.1, -0.05) is 18.2 Å². The summed E-state index contributed by atoms with van der Waals surface area (Å²) < 4.78 is 1.75. The molecule has 0 saturated carbocycles. The van der Waals surface area contributed by atoms with Crippen LogP contribution in [0.15, 0.2) is 48.7 Å². The Balaban J connectivity index is 2.00. The van der Waals surface area contributed by atoms with Gasteiger partial charge in [0.15, 0.2) is 0 Å². The first-order chi connectivity index (χ1) is 10.1. The maximum absolute atomic E-state index is 12.0. The summed E-state index contributed by atoms with van der Waals surface area (Å²) in [7, 11) is 1.81. The maximum Gasteiger partial charge on any atom is 0.328 e. The van der Waals surface area contributed by atoms with Crippen molar-refractivity contribution >= 4 is 18.0 Å². The van der Waals surface area contributed by atoms with Crippen LogP contribution in [0.4, 0.5) is 0 Å². The number of aliphatic carboxylic acids is 1. The molecule has 5 heteroatoms. The van der Waals surface area contributed by atoms with Crippen LogP contribution in [0.3, 0.4) is 0 Å². The number of benzene rings is 1. The summed E-state index contributed by atoms with van der Waals surface area (Å²) in [6.45, 7) is 0.388. The van der Waals surface area contributed by atoms with Crippen molar-refractivity contribution in [3.8, 4) is 0 Å². The molecule has 0 atom stereocenters. The fourth-order valence-corrected chi connectivity index (χ4v) is 1.94. The molecule has 0 fully saturated rings. The van der Waals surface area contributed by atoms with Crippen LogP contribution >= 0.6 is 0 Å². The van der Waals surface area contributed by atoms with Gasteiger partial charge in [-0.2, -0.15) is 0 Å². The predicted molar refractivity (Wildman–Crippen MR) is 79.7 cm³/mol. The molecule has 21 heavy (non-hydrogen) atoms. The first kappa shape index (κ1) is 14.6. The lowest BCUT2D eigenvalue weighted by molar-refractivity contribution is -0.131. The molecule has 2 N–H and O–H groups in total. The summed E-state index contributed by atoms with van der Waals surface area (Å²) in [5.74, 6) is -1.13. The van der Waals surface area contributed by atoms with Crippen LogP contribution < -0.4 is 5.32 Å². The number of nitrogens with zero attached hydrogens (tertiary/aromatic N) is 1. The van der Waals surface area contributed by atoms with Crippen molar-refractivity contribution in [3.63, 3.8) is 0 Å². The Kier molecular flexibility index (Phi) is 4.56. The van der Waals surface area contributed by atoms with Gasteiger partial charge in [0, 0.05) is 25.9 Å². The topological polar surface area (TPSA) is 71.3 Å². The fraction of sp³-hybridized carbons (Fsp3) is 0.125. The minimum atomic E-state index is -0.989. The van der Waals surface area contributed by atoms with Crippen molar-refractivity contribution in [1.82, 2.24) is 9.88 Å². The van der Waals surface area contributed by atoms with E-state index in [0.717, 1.165) is 17.2 Å². The van der Waals surface area contributed by atoms with Crippen molar-refractivity contribution in [1.29, 1.82) is 0 Å². The average Bonchev–Trinajstić information content (AvgIpc) is 2.89. The minimum Gasteiger partial charge on any atom is -0.478 e. The Morgan fingerprint density at radius 3 is 2.76 bits per heavy atom. The van der Waals surface area contributed by atoms with Crippen LogP contribution in [-0.4, -0.2) is 21.6 Å². The van der Waals surface area contributed by atoms with Gasteiger partial charge >= 0.3 is 5.97 Å². The average molecular weight is 284 g/mol. The van der Waals surface area contributed by atoms with Gasteiger partial charge in [-0.3, -0.25) is 4.79 Å². The SMILES string of the molecule is Cn1cccc1C(=O)NCc1cccc(C=CC(=O)O)c1. The Hall–Kier alpha value is -2.82. The van der Waals surface area contributed by atoms with E-state index in [2.05, 4.69) is 5.32 Å². The number of carbonyl (C=O) groups excluding carboxylic acids is 1. The van der Waals surface area contributed by atoms with E-state index in [1.165, 1.54) is 6.08 Å². The molecule has 1 heterocycles. The number of hydrogen-bond donors (Lipinski definition) is 2. The van der Waals surface area contributed by atoms with Gasteiger partial charge in [0.1, 0.15) is 5.69 Å². The number of hydrogen-bond acceptors (Lipinski definition) is 2. The standard InChI is InChI=1S/C16H16N2O3/c1-18-9-3-6-14(18)16(21)17-11-13-5-2-4-12(10-13)7-8-15(19)20/h2-10H,11H2,1H3,(H,17,21)(H,19,20). The van der Waals surface area contributed by atoms with Gasteiger partial charge < -0.3 is 15.0 Å². The quantitative estimate of drug-likeness (QED) is 0.825. The highest BCUT2D eigenvalue weighted by atomic mass is 16.4. The second kappa shape index (κ2) is 6.56. The van der Waals surface area contributed by atoms with E-state index in [1.54, 1.807) is 10.6 Å². The summed E-state index contributed by atoms with van der Waals surface area (Å²) in [6, 6.07) is 10.9. The molecule has 1 aromatic heterocycles. The molecular weight excluding hydrogens is 268 g/mol. The summed E-state index contributed by atoms with van der Waals surface area (Å²) >= 11 is 0.